The lowest BCUT2D eigenvalue weighted by atomic mass is 10.1. The molecule has 2 aromatic heterocycles. The zero-order valence-electron chi connectivity index (χ0n) is 13.7. The number of pyridine rings is 1. The van der Waals surface area contributed by atoms with E-state index in [0.717, 1.165) is 12.0 Å². The number of nitrogens with zero attached hydrogens (tertiary/aromatic N) is 3. The molecule has 0 spiro atoms. The van der Waals surface area contributed by atoms with Crippen molar-refractivity contribution in [3.63, 3.8) is 0 Å². The molecule has 0 atom stereocenters. The zero-order chi connectivity index (χ0) is 17.1. The Kier molecular flexibility index (Phi) is 4.46. The van der Waals surface area contributed by atoms with Gasteiger partial charge in [0.25, 0.3) is 5.91 Å². The summed E-state index contributed by atoms with van der Waals surface area (Å²) in [5, 5.41) is 0. The van der Waals surface area contributed by atoms with Crippen LogP contribution < -0.4 is 5.76 Å². The number of aryl methyl sites for hydroxylation is 1. The van der Waals surface area contributed by atoms with Crippen LogP contribution >= 0.6 is 0 Å². The van der Waals surface area contributed by atoms with Crippen molar-refractivity contribution in [2.24, 2.45) is 7.05 Å². The number of carbonyl (C=O) groups excluding carboxylic acids is 1. The number of likely N-dealkylation sites (N-methyl/N-ethyl adjacent to an activating group) is 1. The fraction of sp³-hybridized carbons (Fsp3) is 0.278. The van der Waals surface area contributed by atoms with Crippen molar-refractivity contribution in [2.75, 3.05) is 13.1 Å². The van der Waals surface area contributed by atoms with E-state index in [1.165, 1.54) is 4.57 Å². The van der Waals surface area contributed by atoms with Gasteiger partial charge in [0.15, 0.2) is 5.58 Å². The number of rotatable bonds is 5. The molecule has 0 saturated carbocycles. The molecule has 0 aliphatic rings. The molecule has 0 aliphatic carbocycles. The number of hydrogen-bond acceptors (Lipinski definition) is 4. The van der Waals surface area contributed by atoms with Crippen LogP contribution in [0.4, 0.5) is 0 Å². The number of fused-ring (bicyclic) bond motifs is 1. The molecule has 124 valence electrons. The van der Waals surface area contributed by atoms with Gasteiger partial charge in [0.1, 0.15) is 0 Å². The van der Waals surface area contributed by atoms with Gasteiger partial charge in [-0.15, -0.1) is 0 Å². The zero-order valence-corrected chi connectivity index (χ0v) is 13.7. The molecule has 0 saturated heterocycles. The third-order valence-electron chi connectivity index (χ3n) is 4.13. The second-order valence-corrected chi connectivity index (χ2v) is 5.60. The van der Waals surface area contributed by atoms with Gasteiger partial charge in [-0.1, -0.05) is 0 Å². The Morgan fingerprint density at radius 3 is 2.71 bits per heavy atom. The van der Waals surface area contributed by atoms with E-state index in [4.69, 9.17) is 4.42 Å². The largest absolute Gasteiger partial charge is 0.419 e. The number of hydrogen-bond donors (Lipinski definition) is 0. The highest BCUT2D eigenvalue weighted by molar-refractivity contribution is 5.97. The van der Waals surface area contributed by atoms with Gasteiger partial charge in [0.2, 0.25) is 0 Å². The van der Waals surface area contributed by atoms with E-state index in [-0.39, 0.29) is 5.91 Å². The molecule has 1 amide bonds. The molecular weight excluding hydrogens is 306 g/mol. The van der Waals surface area contributed by atoms with Crippen LogP contribution in [0.15, 0.2) is 51.9 Å². The van der Waals surface area contributed by atoms with E-state index in [1.54, 1.807) is 42.5 Å². The lowest BCUT2D eigenvalue weighted by Gasteiger charge is -2.21. The van der Waals surface area contributed by atoms with Crippen LogP contribution in [-0.2, 0) is 13.5 Å². The van der Waals surface area contributed by atoms with Crippen molar-refractivity contribution in [1.29, 1.82) is 0 Å². The quantitative estimate of drug-likeness (QED) is 0.721. The summed E-state index contributed by atoms with van der Waals surface area (Å²) in [6.45, 7) is 3.20. The van der Waals surface area contributed by atoms with E-state index in [0.29, 0.717) is 29.8 Å². The molecule has 0 N–H and O–H groups in total. The molecule has 3 rings (SSSR count). The second-order valence-electron chi connectivity index (χ2n) is 5.60. The van der Waals surface area contributed by atoms with E-state index >= 15 is 0 Å². The molecule has 6 heteroatoms. The number of oxazole rings is 1. The van der Waals surface area contributed by atoms with Crippen molar-refractivity contribution in [3.05, 3.63) is 64.4 Å². The van der Waals surface area contributed by atoms with Crippen LogP contribution in [0.5, 0.6) is 0 Å². The minimum Gasteiger partial charge on any atom is -0.408 e. The van der Waals surface area contributed by atoms with Gasteiger partial charge in [-0.25, -0.2) is 4.79 Å². The molecule has 6 nitrogen and oxygen atoms in total. The summed E-state index contributed by atoms with van der Waals surface area (Å²) in [5.41, 5.74) is 2.80. The van der Waals surface area contributed by atoms with Crippen molar-refractivity contribution in [3.8, 4) is 0 Å². The molecule has 3 aromatic rings. The van der Waals surface area contributed by atoms with Crippen LogP contribution in [0.3, 0.4) is 0 Å². The normalized spacial score (nSPS) is 10.9. The second kappa shape index (κ2) is 6.70. The predicted molar refractivity (Wildman–Crippen MR) is 91.0 cm³/mol. The Labute approximate surface area is 139 Å². The molecular formula is C18H19N3O3. The summed E-state index contributed by atoms with van der Waals surface area (Å²) in [6.07, 6.45) is 4.27. The first-order valence-electron chi connectivity index (χ1n) is 7.88. The fourth-order valence-corrected chi connectivity index (χ4v) is 2.66. The van der Waals surface area contributed by atoms with Crippen LogP contribution in [0.1, 0.15) is 22.8 Å². The van der Waals surface area contributed by atoms with Crippen LogP contribution in [0.25, 0.3) is 11.1 Å². The van der Waals surface area contributed by atoms with Crippen LogP contribution in [0, 0.1) is 0 Å². The molecule has 0 radical (unpaired) electrons. The SMILES string of the molecule is CCN(CCc1ccncc1)C(=O)c1ccc2oc(=O)n(C)c2c1. The monoisotopic (exact) mass is 325 g/mol. The molecule has 0 unspecified atom stereocenters. The third-order valence-corrected chi connectivity index (χ3v) is 4.13. The molecule has 0 fully saturated rings. The standard InChI is InChI=1S/C18H19N3O3/c1-3-21(11-8-13-6-9-19-10-7-13)17(22)14-4-5-16-15(12-14)20(2)18(23)24-16/h4-7,9-10,12H,3,8,11H2,1-2H3. The topological polar surface area (TPSA) is 68.3 Å². The molecule has 0 bridgehead atoms. The average molecular weight is 325 g/mol. The minimum atomic E-state index is -0.431. The smallest absolute Gasteiger partial charge is 0.408 e. The summed E-state index contributed by atoms with van der Waals surface area (Å²) in [5.74, 6) is -0.485. The highest BCUT2D eigenvalue weighted by atomic mass is 16.4. The third kappa shape index (κ3) is 3.08. The van der Waals surface area contributed by atoms with Gasteiger partial charge >= 0.3 is 5.76 Å². The molecule has 1 aromatic carbocycles. The maximum Gasteiger partial charge on any atom is 0.419 e. The lowest BCUT2D eigenvalue weighted by molar-refractivity contribution is 0.0766. The summed E-state index contributed by atoms with van der Waals surface area (Å²) >= 11 is 0. The number of aromatic nitrogens is 2. The Morgan fingerprint density at radius 2 is 2.00 bits per heavy atom. The summed E-state index contributed by atoms with van der Waals surface area (Å²) in [7, 11) is 1.63. The van der Waals surface area contributed by atoms with Gasteiger partial charge < -0.3 is 9.32 Å². The maximum atomic E-state index is 12.8. The Balaban J connectivity index is 1.80. The lowest BCUT2D eigenvalue weighted by Crippen LogP contribution is -2.32. The van der Waals surface area contributed by atoms with Gasteiger partial charge in [-0.05, 0) is 49.2 Å². The first-order valence-corrected chi connectivity index (χ1v) is 7.88. The highest BCUT2D eigenvalue weighted by Gasteiger charge is 2.16. The summed E-state index contributed by atoms with van der Waals surface area (Å²) < 4.78 is 6.50. The van der Waals surface area contributed by atoms with Gasteiger partial charge in [0.05, 0.1) is 5.52 Å². The highest BCUT2D eigenvalue weighted by Crippen LogP contribution is 2.16. The minimum absolute atomic E-state index is 0.0536. The van der Waals surface area contributed by atoms with Crippen molar-refractivity contribution < 1.29 is 9.21 Å². The predicted octanol–water partition coefficient (Wildman–Crippen LogP) is 2.23. The van der Waals surface area contributed by atoms with Gasteiger partial charge in [0, 0.05) is 38.1 Å². The molecule has 2 heterocycles. The number of amides is 1. The van der Waals surface area contributed by atoms with Crippen molar-refractivity contribution in [1.82, 2.24) is 14.5 Å². The maximum absolute atomic E-state index is 12.8. The van der Waals surface area contributed by atoms with E-state index in [1.807, 2.05) is 19.1 Å². The Hall–Kier alpha value is -2.89. The average Bonchev–Trinajstić information content (AvgIpc) is 2.90. The van der Waals surface area contributed by atoms with E-state index < -0.39 is 5.76 Å². The fourth-order valence-electron chi connectivity index (χ4n) is 2.66. The Morgan fingerprint density at radius 1 is 1.25 bits per heavy atom. The van der Waals surface area contributed by atoms with Crippen LogP contribution in [-0.4, -0.2) is 33.4 Å². The van der Waals surface area contributed by atoms with Gasteiger partial charge in [-0.3, -0.25) is 14.3 Å². The van der Waals surface area contributed by atoms with Gasteiger partial charge in [-0.2, -0.15) is 0 Å². The first kappa shape index (κ1) is 16.0. The van der Waals surface area contributed by atoms with E-state index in [2.05, 4.69) is 4.98 Å². The molecule has 0 aliphatic heterocycles. The van der Waals surface area contributed by atoms with Crippen molar-refractivity contribution >= 4 is 17.0 Å². The number of carbonyl (C=O) groups is 1. The van der Waals surface area contributed by atoms with E-state index in [9.17, 15) is 9.59 Å². The van der Waals surface area contributed by atoms with Crippen LogP contribution in [0.2, 0.25) is 0 Å². The Bertz CT molecular complexity index is 912. The first-order chi connectivity index (χ1) is 11.6. The van der Waals surface area contributed by atoms with Crippen molar-refractivity contribution in [2.45, 2.75) is 13.3 Å². The molecule has 24 heavy (non-hydrogen) atoms. The summed E-state index contributed by atoms with van der Waals surface area (Å²) in [6, 6.07) is 8.97. The number of benzene rings is 1. The summed E-state index contributed by atoms with van der Waals surface area (Å²) in [4.78, 5) is 30.1.